The van der Waals surface area contributed by atoms with Gasteiger partial charge in [-0.25, -0.2) is 0 Å². The lowest BCUT2D eigenvalue weighted by atomic mass is 10.1. The zero-order valence-corrected chi connectivity index (χ0v) is 18.4. The first-order chi connectivity index (χ1) is 15.4. The first-order valence-electron chi connectivity index (χ1n) is 10.8. The fourth-order valence-corrected chi connectivity index (χ4v) is 3.82. The molecule has 1 aliphatic rings. The number of hydrogen-bond donors (Lipinski definition) is 7. The van der Waals surface area contributed by atoms with Gasteiger partial charge in [0.15, 0.2) is 0 Å². The van der Waals surface area contributed by atoms with E-state index < -0.39 is 0 Å². The minimum absolute atomic E-state index is 0.00744. The van der Waals surface area contributed by atoms with Gasteiger partial charge >= 0.3 is 0 Å². The molecule has 3 rings (SSSR count). The van der Waals surface area contributed by atoms with Gasteiger partial charge in [0.05, 0.1) is 19.8 Å². The van der Waals surface area contributed by atoms with Gasteiger partial charge in [0.25, 0.3) is 0 Å². The monoisotopic (exact) mass is 448 g/mol. The first kappa shape index (κ1) is 25.7. The van der Waals surface area contributed by atoms with Crippen LogP contribution in [-0.2, 0) is 13.1 Å². The lowest BCUT2D eigenvalue weighted by Gasteiger charge is -2.23. The van der Waals surface area contributed by atoms with Crippen molar-refractivity contribution in [2.75, 3.05) is 50.9 Å². The highest BCUT2D eigenvalue weighted by molar-refractivity contribution is 5.54. The van der Waals surface area contributed by atoms with Crippen LogP contribution in [0.4, 0.5) is 11.4 Å². The summed E-state index contributed by atoms with van der Waals surface area (Å²) in [6.07, 6.45) is 2.11. The molecule has 1 saturated heterocycles. The maximum absolute atomic E-state index is 9.74. The predicted molar refractivity (Wildman–Crippen MR) is 125 cm³/mol. The summed E-state index contributed by atoms with van der Waals surface area (Å²) in [5, 5.41) is 46.3. The summed E-state index contributed by atoms with van der Waals surface area (Å²) < 4.78 is 0. The largest absolute Gasteiger partial charge is 0.508 e. The molecule has 0 amide bonds. The van der Waals surface area contributed by atoms with Gasteiger partial charge in [-0.2, -0.15) is 0 Å². The minimum Gasteiger partial charge on any atom is -0.508 e. The number of phenols is 2. The van der Waals surface area contributed by atoms with Gasteiger partial charge in [-0.05, 0) is 43.7 Å². The number of benzene rings is 2. The Hall–Kier alpha value is -2.56. The SMILES string of the molecule is Nc1cccc(O)c1CN(CCO)CCO.Nc1cccc(O)c1CN1CCCC1CO. The molecule has 9 N–H and O–H groups in total. The van der Waals surface area contributed by atoms with Crippen molar-refractivity contribution in [2.45, 2.75) is 32.0 Å². The van der Waals surface area contributed by atoms with Gasteiger partial charge in [0.1, 0.15) is 11.5 Å². The molecule has 0 radical (unpaired) electrons. The quantitative estimate of drug-likeness (QED) is 0.274. The van der Waals surface area contributed by atoms with E-state index in [9.17, 15) is 15.3 Å². The molecule has 0 aromatic heterocycles. The van der Waals surface area contributed by atoms with E-state index in [2.05, 4.69) is 4.90 Å². The highest BCUT2D eigenvalue weighted by Crippen LogP contribution is 2.28. The number of nitrogens with two attached hydrogens (primary N) is 2. The number of hydrogen-bond acceptors (Lipinski definition) is 9. The van der Waals surface area contributed by atoms with E-state index in [0.29, 0.717) is 43.1 Å². The molecule has 1 aliphatic heterocycles. The Morgan fingerprint density at radius 3 is 1.94 bits per heavy atom. The molecule has 0 aliphatic carbocycles. The predicted octanol–water partition coefficient (Wildman–Crippen LogP) is 0.692. The van der Waals surface area contributed by atoms with Crippen molar-refractivity contribution in [1.82, 2.24) is 9.80 Å². The van der Waals surface area contributed by atoms with Gasteiger partial charge in [0.2, 0.25) is 0 Å². The van der Waals surface area contributed by atoms with Crippen molar-refractivity contribution in [3.8, 4) is 11.5 Å². The fourth-order valence-electron chi connectivity index (χ4n) is 3.82. The molecule has 1 fully saturated rings. The van der Waals surface area contributed by atoms with Gasteiger partial charge in [-0.3, -0.25) is 9.80 Å². The Morgan fingerprint density at radius 1 is 0.875 bits per heavy atom. The molecule has 178 valence electrons. The van der Waals surface area contributed by atoms with E-state index in [0.717, 1.165) is 24.9 Å². The van der Waals surface area contributed by atoms with Crippen LogP contribution in [-0.4, -0.2) is 80.8 Å². The molecular formula is C23H36N4O5. The van der Waals surface area contributed by atoms with E-state index in [-0.39, 0.29) is 37.4 Å². The molecule has 2 aromatic carbocycles. The third-order valence-corrected chi connectivity index (χ3v) is 5.66. The second kappa shape index (κ2) is 13.1. The maximum atomic E-state index is 9.74. The molecule has 0 saturated carbocycles. The van der Waals surface area contributed by atoms with Gasteiger partial charge in [-0.1, -0.05) is 12.1 Å². The maximum Gasteiger partial charge on any atom is 0.122 e. The third kappa shape index (κ3) is 7.25. The van der Waals surface area contributed by atoms with Crippen LogP contribution in [0.15, 0.2) is 36.4 Å². The zero-order valence-electron chi connectivity index (χ0n) is 18.4. The van der Waals surface area contributed by atoms with E-state index in [1.54, 1.807) is 36.4 Å². The molecule has 0 bridgehead atoms. The van der Waals surface area contributed by atoms with Crippen LogP contribution >= 0.6 is 0 Å². The Labute approximate surface area is 189 Å². The molecule has 1 unspecified atom stereocenters. The number of likely N-dealkylation sites (tertiary alicyclic amines) is 1. The number of rotatable bonds is 9. The summed E-state index contributed by atoms with van der Waals surface area (Å²) in [4.78, 5) is 4.00. The summed E-state index contributed by atoms with van der Waals surface area (Å²) in [6, 6.07) is 10.3. The van der Waals surface area contributed by atoms with Crippen LogP contribution in [0.2, 0.25) is 0 Å². The summed E-state index contributed by atoms with van der Waals surface area (Å²) in [6.45, 7) is 3.06. The number of nitrogens with zero attached hydrogens (tertiary/aromatic N) is 2. The van der Waals surface area contributed by atoms with E-state index >= 15 is 0 Å². The highest BCUT2D eigenvalue weighted by Gasteiger charge is 2.24. The third-order valence-electron chi connectivity index (χ3n) is 5.66. The average Bonchev–Trinajstić information content (AvgIpc) is 3.22. The Bertz CT molecular complexity index is 790. The van der Waals surface area contributed by atoms with Crippen LogP contribution in [0.3, 0.4) is 0 Å². The van der Waals surface area contributed by atoms with Crippen molar-refractivity contribution in [1.29, 1.82) is 0 Å². The normalized spacial score (nSPS) is 16.2. The van der Waals surface area contributed by atoms with E-state index in [4.69, 9.17) is 21.7 Å². The van der Waals surface area contributed by atoms with Gasteiger partial charge < -0.3 is 37.0 Å². The zero-order chi connectivity index (χ0) is 23.5. The first-order valence-corrected chi connectivity index (χ1v) is 10.8. The fraction of sp³-hybridized carbons (Fsp3) is 0.478. The van der Waals surface area contributed by atoms with Crippen LogP contribution < -0.4 is 11.5 Å². The summed E-state index contributed by atoms with van der Waals surface area (Å²) in [7, 11) is 0. The van der Waals surface area contributed by atoms with Crippen LogP contribution in [0, 0.1) is 0 Å². The number of aliphatic hydroxyl groups excluding tert-OH is 3. The molecule has 9 heteroatoms. The Morgan fingerprint density at radius 2 is 1.44 bits per heavy atom. The summed E-state index contributed by atoms with van der Waals surface area (Å²) in [5.41, 5.74) is 14.1. The molecule has 9 nitrogen and oxygen atoms in total. The lowest BCUT2D eigenvalue weighted by Crippen LogP contribution is -2.31. The number of nitrogen functional groups attached to an aromatic ring is 2. The molecular weight excluding hydrogens is 412 g/mol. The second-order valence-electron chi connectivity index (χ2n) is 7.86. The van der Waals surface area contributed by atoms with Crippen LogP contribution in [0.25, 0.3) is 0 Å². The molecule has 2 aromatic rings. The summed E-state index contributed by atoms with van der Waals surface area (Å²) in [5.74, 6) is 0.379. The number of phenolic OH excluding ortho intramolecular Hbond substituents is 2. The van der Waals surface area contributed by atoms with Gasteiger partial charge in [0, 0.05) is 54.7 Å². The molecule has 0 spiro atoms. The number of aromatic hydroxyl groups is 2. The van der Waals surface area contributed by atoms with E-state index in [1.807, 2.05) is 4.90 Å². The van der Waals surface area contributed by atoms with Gasteiger partial charge in [-0.15, -0.1) is 0 Å². The molecule has 1 atom stereocenters. The Kier molecular flexibility index (Phi) is 10.5. The smallest absolute Gasteiger partial charge is 0.122 e. The second-order valence-corrected chi connectivity index (χ2v) is 7.86. The van der Waals surface area contributed by atoms with E-state index in [1.165, 1.54) is 0 Å². The topological polar surface area (TPSA) is 160 Å². The van der Waals surface area contributed by atoms with Crippen molar-refractivity contribution >= 4 is 11.4 Å². The van der Waals surface area contributed by atoms with Crippen LogP contribution in [0.1, 0.15) is 24.0 Å². The molecule has 1 heterocycles. The van der Waals surface area contributed by atoms with Crippen molar-refractivity contribution < 1.29 is 25.5 Å². The van der Waals surface area contributed by atoms with Crippen molar-refractivity contribution in [2.24, 2.45) is 0 Å². The van der Waals surface area contributed by atoms with Crippen molar-refractivity contribution in [3.05, 3.63) is 47.5 Å². The number of anilines is 2. The average molecular weight is 449 g/mol. The highest BCUT2D eigenvalue weighted by atomic mass is 16.3. The summed E-state index contributed by atoms with van der Waals surface area (Å²) >= 11 is 0. The molecule has 32 heavy (non-hydrogen) atoms. The lowest BCUT2D eigenvalue weighted by molar-refractivity contribution is 0.153. The standard InChI is InChI=1S/C12H18N2O2.C11H18N2O3/c13-11-4-1-5-12(16)10(11)7-14-6-2-3-9(14)8-15;12-10-2-1-3-11(16)9(10)8-13(4-6-14)5-7-15/h1,4-5,9,15-16H,2-3,6-8,13H2;1-3,14-16H,4-8,12H2. The van der Waals surface area contributed by atoms with Crippen molar-refractivity contribution in [3.63, 3.8) is 0 Å². The van der Waals surface area contributed by atoms with Crippen LogP contribution in [0.5, 0.6) is 11.5 Å². The number of aliphatic hydroxyl groups is 3. The minimum atomic E-state index is 0.00744. The Balaban J connectivity index is 0.000000227.